The van der Waals surface area contributed by atoms with Gasteiger partial charge in [-0.15, -0.1) is 0 Å². The first-order chi connectivity index (χ1) is 13.8. The monoisotopic (exact) mass is 404 g/mol. The maximum Gasteiger partial charge on any atom is 0.272 e. The number of amides is 1. The van der Waals surface area contributed by atoms with Gasteiger partial charge < -0.3 is 15.2 Å². The van der Waals surface area contributed by atoms with E-state index in [1.54, 1.807) is 42.9 Å². The SMILES string of the molecule is Cc1cc(Cn2cc3c(C(=O)NC[C@H](C)O)nccc3n2)ccc1OCC(F)F. The molecule has 3 rings (SSSR count). The van der Waals surface area contributed by atoms with Crippen molar-refractivity contribution in [3.8, 4) is 5.75 Å². The van der Waals surface area contributed by atoms with Crippen LogP contribution < -0.4 is 10.1 Å². The number of aromatic nitrogens is 3. The summed E-state index contributed by atoms with van der Waals surface area (Å²) >= 11 is 0. The molecule has 0 spiro atoms. The Hall–Kier alpha value is -3.07. The van der Waals surface area contributed by atoms with Crippen LogP contribution in [0.1, 0.15) is 28.5 Å². The summed E-state index contributed by atoms with van der Waals surface area (Å²) in [5.41, 5.74) is 2.52. The average Bonchev–Trinajstić information content (AvgIpc) is 3.07. The fourth-order valence-electron chi connectivity index (χ4n) is 2.89. The predicted molar refractivity (Wildman–Crippen MR) is 103 cm³/mol. The lowest BCUT2D eigenvalue weighted by atomic mass is 10.1. The normalized spacial score (nSPS) is 12.3. The molecule has 0 unspecified atom stereocenters. The molecular formula is C20H22F2N4O3. The van der Waals surface area contributed by atoms with Gasteiger partial charge in [0, 0.05) is 18.9 Å². The van der Waals surface area contributed by atoms with E-state index < -0.39 is 19.1 Å². The van der Waals surface area contributed by atoms with Crippen LogP contribution in [-0.2, 0) is 6.54 Å². The van der Waals surface area contributed by atoms with Crippen molar-refractivity contribution in [2.45, 2.75) is 32.9 Å². The minimum atomic E-state index is -2.52. The molecule has 154 valence electrons. The Kier molecular flexibility index (Phi) is 6.38. The van der Waals surface area contributed by atoms with Crippen LogP contribution in [0.25, 0.3) is 10.9 Å². The number of halogens is 2. The van der Waals surface area contributed by atoms with Crippen molar-refractivity contribution in [2.75, 3.05) is 13.2 Å². The molecule has 2 aromatic heterocycles. The van der Waals surface area contributed by atoms with Crippen LogP contribution in [0, 0.1) is 6.92 Å². The Balaban J connectivity index is 1.78. The summed E-state index contributed by atoms with van der Waals surface area (Å²) < 4.78 is 31.4. The van der Waals surface area contributed by atoms with Crippen LogP contribution in [0.2, 0.25) is 0 Å². The first-order valence-corrected chi connectivity index (χ1v) is 9.12. The first-order valence-electron chi connectivity index (χ1n) is 9.12. The molecule has 0 radical (unpaired) electrons. The molecule has 1 atom stereocenters. The summed E-state index contributed by atoms with van der Waals surface area (Å²) in [7, 11) is 0. The van der Waals surface area contributed by atoms with Crippen LogP contribution in [0.4, 0.5) is 8.78 Å². The van der Waals surface area contributed by atoms with Crippen molar-refractivity contribution < 1.29 is 23.4 Å². The topological polar surface area (TPSA) is 89.3 Å². The fraction of sp³-hybridized carbons (Fsp3) is 0.350. The third-order valence-corrected chi connectivity index (χ3v) is 4.20. The van der Waals surface area contributed by atoms with E-state index in [1.165, 1.54) is 6.20 Å². The number of benzene rings is 1. The van der Waals surface area contributed by atoms with Gasteiger partial charge in [-0.3, -0.25) is 14.5 Å². The van der Waals surface area contributed by atoms with E-state index >= 15 is 0 Å². The number of hydrogen-bond donors (Lipinski definition) is 2. The number of nitrogens with zero attached hydrogens (tertiary/aromatic N) is 3. The highest BCUT2D eigenvalue weighted by molar-refractivity contribution is 6.04. The van der Waals surface area contributed by atoms with Crippen molar-refractivity contribution in [3.05, 3.63) is 53.5 Å². The lowest BCUT2D eigenvalue weighted by molar-refractivity contribution is 0.0815. The van der Waals surface area contributed by atoms with Crippen LogP contribution in [-0.4, -0.2) is 51.5 Å². The molecular weight excluding hydrogens is 382 g/mol. The Morgan fingerprint density at radius 2 is 2.14 bits per heavy atom. The number of hydrogen-bond acceptors (Lipinski definition) is 5. The number of pyridine rings is 1. The minimum Gasteiger partial charge on any atom is -0.487 e. The fourth-order valence-corrected chi connectivity index (χ4v) is 2.89. The molecule has 2 N–H and O–H groups in total. The van der Waals surface area contributed by atoms with E-state index in [9.17, 15) is 18.7 Å². The standard InChI is InChI=1S/C20H22F2N4O3/c1-12-7-14(3-4-17(12)29-11-18(21)22)9-26-10-15-16(25-26)5-6-23-19(15)20(28)24-8-13(2)27/h3-7,10,13,18,27H,8-9,11H2,1-2H3,(H,24,28)/t13-/m0/s1. The Morgan fingerprint density at radius 3 is 2.83 bits per heavy atom. The lowest BCUT2D eigenvalue weighted by Crippen LogP contribution is -2.31. The van der Waals surface area contributed by atoms with E-state index in [-0.39, 0.29) is 18.1 Å². The molecule has 0 saturated heterocycles. The second-order valence-electron chi connectivity index (χ2n) is 6.78. The Morgan fingerprint density at radius 1 is 1.34 bits per heavy atom. The van der Waals surface area contributed by atoms with Crippen molar-refractivity contribution in [2.24, 2.45) is 0 Å². The first kappa shape index (κ1) is 20.7. The number of nitrogens with one attached hydrogen (secondary N) is 1. The molecule has 0 aliphatic rings. The maximum atomic E-state index is 12.3. The quantitative estimate of drug-likeness (QED) is 0.602. The van der Waals surface area contributed by atoms with E-state index in [0.717, 1.165) is 11.1 Å². The summed E-state index contributed by atoms with van der Waals surface area (Å²) in [6.07, 6.45) is 0.0646. The molecule has 9 heteroatoms. The number of fused-ring (bicyclic) bond motifs is 1. The number of carbonyl (C=O) groups excluding carboxylic acids is 1. The van der Waals surface area contributed by atoms with Gasteiger partial charge in [0.05, 0.1) is 23.6 Å². The van der Waals surface area contributed by atoms with Crippen molar-refractivity contribution >= 4 is 16.8 Å². The second-order valence-corrected chi connectivity index (χ2v) is 6.78. The van der Waals surface area contributed by atoms with E-state index in [1.807, 2.05) is 6.07 Å². The summed E-state index contributed by atoms with van der Waals surface area (Å²) in [6.45, 7) is 3.29. The highest BCUT2D eigenvalue weighted by atomic mass is 19.3. The number of carbonyl (C=O) groups is 1. The van der Waals surface area contributed by atoms with E-state index in [2.05, 4.69) is 15.4 Å². The van der Waals surface area contributed by atoms with E-state index in [4.69, 9.17) is 4.74 Å². The summed E-state index contributed by atoms with van der Waals surface area (Å²) in [6, 6.07) is 7.01. The highest BCUT2D eigenvalue weighted by Crippen LogP contribution is 2.21. The van der Waals surface area contributed by atoms with Gasteiger partial charge >= 0.3 is 0 Å². The zero-order valence-electron chi connectivity index (χ0n) is 16.1. The Bertz CT molecular complexity index is 1000. The van der Waals surface area contributed by atoms with Crippen LogP contribution >= 0.6 is 0 Å². The van der Waals surface area contributed by atoms with Crippen LogP contribution in [0.3, 0.4) is 0 Å². The lowest BCUT2D eigenvalue weighted by Gasteiger charge is -2.10. The predicted octanol–water partition coefficient (Wildman–Crippen LogP) is 2.54. The van der Waals surface area contributed by atoms with Gasteiger partial charge in [0.1, 0.15) is 18.1 Å². The Labute approximate surface area is 166 Å². The molecule has 0 bridgehead atoms. The third-order valence-electron chi connectivity index (χ3n) is 4.20. The summed E-state index contributed by atoms with van der Waals surface area (Å²) in [5, 5.41) is 17.0. The molecule has 0 aliphatic carbocycles. The maximum absolute atomic E-state index is 12.3. The van der Waals surface area contributed by atoms with Crippen molar-refractivity contribution in [1.29, 1.82) is 0 Å². The molecule has 7 nitrogen and oxygen atoms in total. The van der Waals surface area contributed by atoms with Gasteiger partial charge in [0.25, 0.3) is 12.3 Å². The molecule has 0 fully saturated rings. The third kappa shape index (κ3) is 5.26. The van der Waals surface area contributed by atoms with Gasteiger partial charge in [-0.05, 0) is 37.1 Å². The number of aliphatic hydroxyl groups is 1. The zero-order valence-corrected chi connectivity index (χ0v) is 16.1. The molecule has 0 aliphatic heterocycles. The van der Waals surface area contributed by atoms with Crippen LogP contribution in [0.5, 0.6) is 5.75 Å². The van der Waals surface area contributed by atoms with Crippen molar-refractivity contribution in [1.82, 2.24) is 20.1 Å². The molecule has 1 aromatic carbocycles. The zero-order chi connectivity index (χ0) is 21.0. The molecule has 1 amide bonds. The van der Waals surface area contributed by atoms with Gasteiger partial charge in [0.2, 0.25) is 0 Å². The van der Waals surface area contributed by atoms with Gasteiger partial charge in [-0.1, -0.05) is 12.1 Å². The van der Waals surface area contributed by atoms with Gasteiger partial charge in [-0.25, -0.2) is 8.78 Å². The summed E-state index contributed by atoms with van der Waals surface area (Å²) in [4.78, 5) is 16.5. The average molecular weight is 404 g/mol. The number of aliphatic hydroxyl groups excluding tert-OH is 1. The van der Waals surface area contributed by atoms with Crippen molar-refractivity contribution in [3.63, 3.8) is 0 Å². The number of alkyl halides is 2. The number of ether oxygens (including phenoxy) is 1. The van der Waals surface area contributed by atoms with E-state index in [0.29, 0.717) is 23.2 Å². The largest absolute Gasteiger partial charge is 0.487 e. The van der Waals surface area contributed by atoms with Gasteiger partial charge in [0.15, 0.2) is 0 Å². The minimum absolute atomic E-state index is 0.129. The number of aryl methyl sites for hydroxylation is 1. The highest BCUT2D eigenvalue weighted by Gasteiger charge is 2.15. The summed E-state index contributed by atoms with van der Waals surface area (Å²) in [5.74, 6) is 0.0355. The molecule has 3 aromatic rings. The molecule has 0 saturated carbocycles. The second kappa shape index (κ2) is 8.95. The molecule has 2 heterocycles. The number of rotatable bonds is 8. The van der Waals surface area contributed by atoms with Crippen LogP contribution in [0.15, 0.2) is 36.7 Å². The molecule has 29 heavy (non-hydrogen) atoms. The van der Waals surface area contributed by atoms with Gasteiger partial charge in [-0.2, -0.15) is 5.10 Å². The smallest absolute Gasteiger partial charge is 0.272 e.